The van der Waals surface area contributed by atoms with Gasteiger partial charge in [0, 0.05) is 18.7 Å². The van der Waals surface area contributed by atoms with E-state index in [4.69, 9.17) is 0 Å². The average molecular weight is 424 g/mol. The van der Waals surface area contributed by atoms with Gasteiger partial charge in [-0.05, 0) is 23.3 Å². The fraction of sp³-hybridized carbons (Fsp3) is 0.632. The predicted octanol–water partition coefficient (Wildman–Crippen LogP) is 0.851. The van der Waals surface area contributed by atoms with Crippen LogP contribution in [0.4, 0.5) is 10.2 Å². The van der Waals surface area contributed by atoms with E-state index in [-0.39, 0.29) is 37.7 Å². The lowest BCUT2D eigenvalue weighted by atomic mass is 9.91. The smallest absolute Gasteiger partial charge is 0.325 e. The van der Waals surface area contributed by atoms with Crippen LogP contribution in [0.3, 0.4) is 0 Å². The van der Waals surface area contributed by atoms with Crippen LogP contribution in [0.5, 0.6) is 0 Å². The van der Waals surface area contributed by atoms with Gasteiger partial charge in [-0.25, -0.2) is 19.6 Å². The van der Waals surface area contributed by atoms with E-state index in [9.17, 15) is 28.9 Å². The van der Waals surface area contributed by atoms with Crippen molar-refractivity contribution in [3.8, 4) is 0 Å². The van der Waals surface area contributed by atoms with Crippen LogP contribution in [0.1, 0.15) is 38.5 Å². The summed E-state index contributed by atoms with van der Waals surface area (Å²) in [6, 6.07) is 1.82. The molecule has 0 radical (unpaired) electrons. The number of nitrogens with zero attached hydrogens (tertiary/aromatic N) is 3. The van der Waals surface area contributed by atoms with E-state index in [1.54, 1.807) is 0 Å². The molecule has 3 atom stereocenters. The Balaban J connectivity index is 1.75. The van der Waals surface area contributed by atoms with Crippen molar-refractivity contribution in [2.75, 3.05) is 18.4 Å². The van der Waals surface area contributed by atoms with Gasteiger partial charge in [-0.2, -0.15) is 5.10 Å². The summed E-state index contributed by atoms with van der Waals surface area (Å²) in [5.41, 5.74) is 0. The van der Waals surface area contributed by atoms with Crippen molar-refractivity contribution in [1.82, 2.24) is 15.1 Å². The van der Waals surface area contributed by atoms with Crippen molar-refractivity contribution >= 4 is 24.0 Å². The molecule has 3 amide bonds. The number of alkyl halides is 1. The monoisotopic (exact) mass is 424 g/mol. The molecule has 1 saturated heterocycles. The highest BCUT2D eigenvalue weighted by Crippen LogP contribution is 2.32. The number of likely N-dealkylation sites (tertiary alicyclic amines) is 1. The summed E-state index contributed by atoms with van der Waals surface area (Å²) in [6.45, 7) is -0.461. The molecule has 30 heavy (non-hydrogen) atoms. The van der Waals surface area contributed by atoms with Crippen LogP contribution in [0, 0.1) is 16.7 Å². The number of carbonyl (C=O) groups excluding carboxylic acids is 3. The van der Waals surface area contributed by atoms with Gasteiger partial charge in [0.15, 0.2) is 0 Å². The molecule has 1 aliphatic carbocycles. The maximum Gasteiger partial charge on any atom is 0.349 e. The molecule has 0 bridgehead atoms. The van der Waals surface area contributed by atoms with Crippen LogP contribution in [-0.4, -0.2) is 63.8 Å². The first kappa shape index (κ1) is 21.9. The highest BCUT2D eigenvalue weighted by Gasteiger charge is 2.44. The Labute approximate surface area is 172 Å². The zero-order chi connectivity index (χ0) is 21.7. The highest BCUT2D eigenvalue weighted by molar-refractivity contribution is 5.97. The number of hydrogen-bond donors (Lipinski definition) is 3. The molecule has 2 aliphatic rings. The lowest BCUT2D eigenvalue weighted by Gasteiger charge is -2.29. The first-order chi connectivity index (χ1) is 14.4. The maximum absolute atomic E-state index is 14.2. The zero-order valence-electron chi connectivity index (χ0n) is 16.6. The van der Waals surface area contributed by atoms with E-state index in [0.29, 0.717) is 16.0 Å². The number of hydrogen-bond acceptors (Lipinski definition) is 5. The number of anilines is 1. The summed E-state index contributed by atoms with van der Waals surface area (Å²) in [5.74, 6) is -1.66. The van der Waals surface area contributed by atoms with E-state index in [1.807, 2.05) is 0 Å². The van der Waals surface area contributed by atoms with E-state index < -0.39 is 29.9 Å². The molecule has 3 N–H and O–H groups in total. The first-order valence-electron chi connectivity index (χ1n) is 10.2. The van der Waals surface area contributed by atoms with Crippen molar-refractivity contribution < 1.29 is 28.5 Å². The topological polar surface area (TPSA) is 129 Å². The number of rotatable bonds is 8. The van der Waals surface area contributed by atoms with Crippen molar-refractivity contribution in [2.45, 2.75) is 50.7 Å². The quantitative estimate of drug-likeness (QED) is 0.247. The number of amides is 3. The van der Waals surface area contributed by atoms with Gasteiger partial charge < -0.3 is 4.90 Å². The average Bonchev–Trinajstić information content (AvgIpc) is 3.38. The minimum absolute atomic E-state index is 0.0674. The lowest BCUT2D eigenvalue weighted by molar-refractivity contribution is -0.549. The zero-order valence-corrected chi connectivity index (χ0v) is 16.6. The fourth-order valence-electron chi connectivity index (χ4n) is 4.37. The Morgan fingerprint density at radius 3 is 2.83 bits per heavy atom. The normalized spacial score (nSPS) is 22.7. The number of aromatic amines is 1. The minimum atomic E-state index is -1.38. The van der Waals surface area contributed by atoms with Crippen LogP contribution >= 0.6 is 0 Å². The van der Waals surface area contributed by atoms with E-state index in [0.717, 1.165) is 25.7 Å². The van der Waals surface area contributed by atoms with E-state index >= 15 is 0 Å². The molecule has 10 nitrogen and oxygen atoms in total. The standard InChI is InChI=1S/C19H26FN5O5/c20-15-9-16(18(27)22-17-6-3-7-21-25(17)30)24(11-15)19(28)14(10-23(29)12-26)8-13-4-1-2-5-13/h3,6-7,12-16,29H,1-2,4-5,8-11H2,(H-,21,22,27,30)/p+1/t14-,15-,16+/m1/s1. The molecule has 2 fully saturated rings. The molecular formula is C19H27FN5O5+. The Morgan fingerprint density at radius 1 is 1.43 bits per heavy atom. The minimum Gasteiger partial charge on any atom is -0.325 e. The molecule has 11 heteroatoms. The lowest BCUT2D eigenvalue weighted by Crippen LogP contribution is -2.48. The maximum atomic E-state index is 14.2. The Morgan fingerprint density at radius 2 is 2.17 bits per heavy atom. The highest BCUT2D eigenvalue weighted by atomic mass is 19.1. The van der Waals surface area contributed by atoms with E-state index in [1.165, 1.54) is 23.2 Å². The summed E-state index contributed by atoms with van der Waals surface area (Å²) in [4.78, 5) is 49.7. The van der Waals surface area contributed by atoms with Crippen LogP contribution in [0.15, 0.2) is 18.3 Å². The van der Waals surface area contributed by atoms with Gasteiger partial charge in [0.2, 0.25) is 12.3 Å². The van der Waals surface area contributed by atoms with Gasteiger partial charge in [-0.3, -0.25) is 14.8 Å². The summed E-state index contributed by atoms with van der Waals surface area (Å²) in [6.07, 6.45) is 4.54. The van der Waals surface area contributed by atoms with Crippen LogP contribution in [0.25, 0.3) is 0 Å². The fourth-order valence-corrected chi connectivity index (χ4v) is 4.37. The molecule has 1 aliphatic heterocycles. The SMILES string of the molecule is O=CN(O)C[C@@H](CC1CCCC1)C(=O)N1C[C@H](F)C[C@H]1C(=O)Nc1ccc[nH][n+]1=O. The molecule has 1 saturated carbocycles. The van der Waals surface area contributed by atoms with Gasteiger partial charge >= 0.3 is 11.7 Å². The van der Waals surface area contributed by atoms with Crippen LogP contribution in [0.2, 0.25) is 0 Å². The molecule has 2 heterocycles. The van der Waals surface area contributed by atoms with Gasteiger partial charge in [0.25, 0.3) is 0 Å². The molecule has 1 aromatic rings. The molecule has 1 aromatic heterocycles. The second kappa shape index (κ2) is 9.79. The van der Waals surface area contributed by atoms with Crippen molar-refractivity contribution in [2.24, 2.45) is 11.8 Å². The van der Waals surface area contributed by atoms with Gasteiger partial charge in [0.1, 0.15) is 12.2 Å². The first-order valence-corrected chi connectivity index (χ1v) is 10.2. The van der Waals surface area contributed by atoms with Crippen molar-refractivity contribution in [3.63, 3.8) is 0 Å². The summed E-state index contributed by atoms with van der Waals surface area (Å²) in [5, 5.41) is 14.8. The third-order valence-electron chi connectivity index (χ3n) is 5.82. The Kier molecular flexibility index (Phi) is 7.14. The Hall–Kier alpha value is -2.82. The number of carbonyl (C=O) groups is 3. The van der Waals surface area contributed by atoms with Gasteiger partial charge in [-0.15, -0.1) is 0 Å². The van der Waals surface area contributed by atoms with Crippen molar-refractivity contribution in [3.05, 3.63) is 23.2 Å². The number of nitrogens with one attached hydrogen (secondary N) is 2. The summed E-state index contributed by atoms with van der Waals surface area (Å²) < 4.78 is 14.5. The molecular weight excluding hydrogens is 397 g/mol. The summed E-state index contributed by atoms with van der Waals surface area (Å²) in [7, 11) is 0. The predicted molar refractivity (Wildman–Crippen MR) is 102 cm³/mol. The second-order valence-corrected chi connectivity index (χ2v) is 7.97. The van der Waals surface area contributed by atoms with Gasteiger partial charge in [-0.1, -0.05) is 25.7 Å². The largest absolute Gasteiger partial charge is 0.349 e. The third kappa shape index (κ3) is 5.21. The number of H-pyrrole nitrogens is 1. The summed E-state index contributed by atoms with van der Waals surface area (Å²) >= 11 is 0. The van der Waals surface area contributed by atoms with Gasteiger partial charge in [0.05, 0.1) is 23.5 Å². The van der Waals surface area contributed by atoms with E-state index in [2.05, 4.69) is 10.4 Å². The van der Waals surface area contributed by atoms with Crippen LogP contribution < -0.4 is 9.86 Å². The molecule has 0 unspecified atom stereocenters. The van der Waals surface area contributed by atoms with Crippen LogP contribution in [-0.2, 0) is 14.4 Å². The van der Waals surface area contributed by atoms with Crippen molar-refractivity contribution in [1.29, 1.82) is 0 Å². The second-order valence-electron chi connectivity index (χ2n) is 7.97. The molecule has 3 rings (SSSR count). The number of halogens is 1. The molecule has 0 spiro atoms. The number of aromatic nitrogens is 2. The number of hydroxylamine groups is 2. The third-order valence-corrected chi connectivity index (χ3v) is 5.82. The Bertz CT molecular complexity index is 828. The molecule has 0 aromatic carbocycles. The molecule has 164 valence electrons.